The van der Waals surface area contributed by atoms with Gasteiger partial charge in [0.05, 0.1) is 6.61 Å². The maximum Gasteiger partial charge on any atom is 0.0590 e. The zero-order valence-electron chi connectivity index (χ0n) is 9.59. The lowest BCUT2D eigenvalue weighted by atomic mass is 10.3. The summed E-state index contributed by atoms with van der Waals surface area (Å²) in [5, 5.41) is 3.35. The molecule has 1 aliphatic carbocycles. The Kier molecular flexibility index (Phi) is 6.15. The molecule has 0 aromatic carbocycles. The van der Waals surface area contributed by atoms with E-state index < -0.39 is 0 Å². The van der Waals surface area contributed by atoms with Crippen LogP contribution in [0.2, 0.25) is 0 Å². The molecule has 1 saturated carbocycles. The molecule has 14 heavy (non-hydrogen) atoms. The minimum atomic E-state index is 0.861. The van der Waals surface area contributed by atoms with Gasteiger partial charge in [0.15, 0.2) is 0 Å². The van der Waals surface area contributed by atoms with Crippen LogP contribution in [0.5, 0.6) is 0 Å². The Bertz CT molecular complexity index is 127. The third kappa shape index (κ3) is 7.30. The van der Waals surface area contributed by atoms with Crippen molar-refractivity contribution in [2.45, 2.75) is 19.3 Å². The Morgan fingerprint density at radius 1 is 1.21 bits per heavy atom. The fourth-order valence-electron chi connectivity index (χ4n) is 1.33. The summed E-state index contributed by atoms with van der Waals surface area (Å²) < 4.78 is 5.52. The minimum absolute atomic E-state index is 0.861. The Labute approximate surface area is 87.8 Å². The zero-order valence-corrected chi connectivity index (χ0v) is 9.59. The molecule has 0 aromatic rings. The SMILES string of the molecule is CN(C)CCNCCOCCC1CC1. The normalized spacial score (nSPS) is 16.5. The molecule has 0 unspecified atom stereocenters. The third-order valence-corrected chi connectivity index (χ3v) is 2.53. The van der Waals surface area contributed by atoms with Crippen LogP contribution in [-0.2, 0) is 4.74 Å². The van der Waals surface area contributed by atoms with Gasteiger partial charge in [-0.05, 0) is 26.4 Å². The van der Waals surface area contributed by atoms with E-state index in [0.717, 1.165) is 38.8 Å². The second-order valence-corrected chi connectivity index (χ2v) is 4.40. The van der Waals surface area contributed by atoms with Gasteiger partial charge in [0.1, 0.15) is 0 Å². The number of ether oxygens (including phenoxy) is 1. The Hall–Kier alpha value is -0.120. The van der Waals surface area contributed by atoms with Crippen LogP contribution in [0.25, 0.3) is 0 Å². The van der Waals surface area contributed by atoms with Gasteiger partial charge < -0.3 is 15.0 Å². The molecule has 0 radical (unpaired) electrons. The van der Waals surface area contributed by atoms with Crippen LogP contribution < -0.4 is 5.32 Å². The predicted molar refractivity (Wildman–Crippen MR) is 59.6 cm³/mol. The lowest BCUT2D eigenvalue weighted by molar-refractivity contribution is 0.129. The van der Waals surface area contributed by atoms with Crippen molar-refractivity contribution in [3.05, 3.63) is 0 Å². The van der Waals surface area contributed by atoms with E-state index in [1.807, 2.05) is 0 Å². The summed E-state index contributed by atoms with van der Waals surface area (Å²) in [6.45, 7) is 4.96. The molecule has 1 aliphatic rings. The molecule has 3 heteroatoms. The number of hydrogen-bond acceptors (Lipinski definition) is 3. The van der Waals surface area contributed by atoms with Crippen LogP contribution in [0.15, 0.2) is 0 Å². The summed E-state index contributed by atoms with van der Waals surface area (Å²) in [5.74, 6) is 0.997. The van der Waals surface area contributed by atoms with E-state index in [1.165, 1.54) is 19.3 Å². The second-order valence-electron chi connectivity index (χ2n) is 4.40. The second kappa shape index (κ2) is 7.21. The van der Waals surface area contributed by atoms with Gasteiger partial charge in [0.25, 0.3) is 0 Å². The maximum absolute atomic E-state index is 5.52. The molecule has 0 heterocycles. The van der Waals surface area contributed by atoms with Gasteiger partial charge in [-0.15, -0.1) is 0 Å². The summed E-state index contributed by atoms with van der Waals surface area (Å²) in [4.78, 5) is 2.18. The average Bonchev–Trinajstić information content (AvgIpc) is 2.92. The fraction of sp³-hybridized carbons (Fsp3) is 1.00. The predicted octanol–water partition coefficient (Wildman–Crippen LogP) is 0.954. The molecular formula is C11H24N2O. The Morgan fingerprint density at radius 2 is 2.00 bits per heavy atom. The van der Waals surface area contributed by atoms with Crippen molar-refractivity contribution in [2.24, 2.45) is 5.92 Å². The van der Waals surface area contributed by atoms with Gasteiger partial charge in [0, 0.05) is 26.2 Å². The van der Waals surface area contributed by atoms with Crippen LogP contribution in [0.1, 0.15) is 19.3 Å². The highest BCUT2D eigenvalue weighted by molar-refractivity contribution is 4.72. The number of rotatable bonds is 9. The highest BCUT2D eigenvalue weighted by atomic mass is 16.5. The molecule has 0 aromatic heterocycles. The minimum Gasteiger partial charge on any atom is -0.380 e. The summed E-state index contributed by atoms with van der Waals surface area (Å²) >= 11 is 0. The zero-order chi connectivity index (χ0) is 10.2. The number of hydrogen-bond donors (Lipinski definition) is 1. The van der Waals surface area contributed by atoms with E-state index in [2.05, 4.69) is 24.3 Å². The largest absolute Gasteiger partial charge is 0.380 e. The van der Waals surface area contributed by atoms with Crippen molar-refractivity contribution in [2.75, 3.05) is 46.9 Å². The average molecular weight is 200 g/mol. The van der Waals surface area contributed by atoms with Crippen molar-refractivity contribution in [3.8, 4) is 0 Å². The molecule has 0 saturated heterocycles. The standard InChI is InChI=1S/C11H24N2O/c1-13(2)8-6-12-7-10-14-9-5-11-3-4-11/h11-12H,3-10H2,1-2H3. The summed E-state index contributed by atoms with van der Waals surface area (Å²) in [5.41, 5.74) is 0. The van der Waals surface area contributed by atoms with E-state index in [0.29, 0.717) is 0 Å². The molecule has 0 atom stereocenters. The van der Waals surface area contributed by atoms with Gasteiger partial charge in [0.2, 0.25) is 0 Å². The smallest absolute Gasteiger partial charge is 0.0590 e. The van der Waals surface area contributed by atoms with Crippen LogP contribution in [-0.4, -0.2) is 51.8 Å². The molecule has 0 bridgehead atoms. The van der Waals surface area contributed by atoms with E-state index >= 15 is 0 Å². The molecular weight excluding hydrogens is 176 g/mol. The fourth-order valence-corrected chi connectivity index (χ4v) is 1.33. The lowest BCUT2D eigenvalue weighted by Gasteiger charge is -2.10. The molecule has 0 spiro atoms. The first-order valence-corrected chi connectivity index (χ1v) is 5.72. The highest BCUT2D eigenvalue weighted by Crippen LogP contribution is 2.31. The van der Waals surface area contributed by atoms with E-state index in [9.17, 15) is 0 Å². The first-order valence-electron chi connectivity index (χ1n) is 5.72. The first kappa shape index (κ1) is 12.0. The van der Waals surface area contributed by atoms with Crippen LogP contribution in [0.4, 0.5) is 0 Å². The van der Waals surface area contributed by atoms with Crippen molar-refractivity contribution in [3.63, 3.8) is 0 Å². The summed E-state index contributed by atoms with van der Waals surface area (Å²) in [6, 6.07) is 0. The maximum atomic E-state index is 5.52. The first-order chi connectivity index (χ1) is 6.79. The molecule has 0 amide bonds. The molecule has 84 valence electrons. The van der Waals surface area contributed by atoms with Crippen molar-refractivity contribution in [1.82, 2.24) is 10.2 Å². The van der Waals surface area contributed by atoms with E-state index in [4.69, 9.17) is 4.74 Å². The molecule has 0 aliphatic heterocycles. The van der Waals surface area contributed by atoms with Crippen LogP contribution in [0, 0.1) is 5.92 Å². The lowest BCUT2D eigenvalue weighted by Crippen LogP contribution is -2.29. The topological polar surface area (TPSA) is 24.5 Å². The number of nitrogens with zero attached hydrogens (tertiary/aromatic N) is 1. The van der Waals surface area contributed by atoms with Crippen molar-refractivity contribution >= 4 is 0 Å². The van der Waals surface area contributed by atoms with Gasteiger partial charge in [-0.25, -0.2) is 0 Å². The van der Waals surface area contributed by atoms with Gasteiger partial charge >= 0.3 is 0 Å². The van der Waals surface area contributed by atoms with E-state index in [1.54, 1.807) is 0 Å². The molecule has 1 fully saturated rings. The van der Waals surface area contributed by atoms with Gasteiger partial charge in [-0.2, -0.15) is 0 Å². The van der Waals surface area contributed by atoms with E-state index in [-0.39, 0.29) is 0 Å². The monoisotopic (exact) mass is 200 g/mol. The van der Waals surface area contributed by atoms with Crippen molar-refractivity contribution in [1.29, 1.82) is 0 Å². The number of nitrogens with one attached hydrogen (secondary N) is 1. The van der Waals surface area contributed by atoms with Crippen molar-refractivity contribution < 1.29 is 4.74 Å². The highest BCUT2D eigenvalue weighted by Gasteiger charge is 2.20. The third-order valence-electron chi connectivity index (χ3n) is 2.53. The Morgan fingerprint density at radius 3 is 2.64 bits per heavy atom. The summed E-state index contributed by atoms with van der Waals surface area (Å²) in [7, 11) is 4.18. The van der Waals surface area contributed by atoms with Crippen LogP contribution in [0.3, 0.4) is 0 Å². The molecule has 3 nitrogen and oxygen atoms in total. The Balaban J connectivity index is 1.66. The molecule has 1 rings (SSSR count). The van der Waals surface area contributed by atoms with Gasteiger partial charge in [-0.1, -0.05) is 12.8 Å². The summed E-state index contributed by atoms with van der Waals surface area (Å²) in [6.07, 6.45) is 4.15. The molecule has 1 N–H and O–H groups in total. The van der Waals surface area contributed by atoms with Crippen LogP contribution >= 0.6 is 0 Å². The quantitative estimate of drug-likeness (QED) is 0.561. The number of likely N-dealkylation sites (N-methyl/N-ethyl adjacent to an activating group) is 1. The van der Waals surface area contributed by atoms with Gasteiger partial charge in [-0.3, -0.25) is 0 Å².